The topological polar surface area (TPSA) is 122 Å². The molecule has 8 nitrogen and oxygen atoms in total. The Labute approximate surface area is 190 Å². The number of sulfonamides is 1. The Bertz CT molecular complexity index is 1390. The van der Waals surface area contributed by atoms with Crippen LogP contribution >= 0.6 is 0 Å². The van der Waals surface area contributed by atoms with Crippen LogP contribution < -0.4 is 9.88 Å². The number of carbonyl (C=O) groups is 1. The number of hydrogen-bond acceptors (Lipinski definition) is 7. The molecule has 0 aliphatic rings. The van der Waals surface area contributed by atoms with Gasteiger partial charge < -0.3 is 13.9 Å². The van der Waals surface area contributed by atoms with Crippen LogP contribution in [0.15, 0.2) is 88.3 Å². The second kappa shape index (κ2) is 9.27. The molecular formula is C24H20N2O6S. The maximum Gasteiger partial charge on any atom is 0.399 e. The lowest BCUT2D eigenvalue weighted by Gasteiger charge is -2.09. The summed E-state index contributed by atoms with van der Waals surface area (Å²) in [6, 6.07) is 20.3. The molecule has 9 heteroatoms. The van der Waals surface area contributed by atoms with E-state index in [4.69, 9.17) is 19.0 Å². The van der Waals surface area contributed by atoms with E-state index in [0.29, 0.717) is 5.76 Å². The number of para-hydroxylation sites is 1. The lowest BCUT2D eigenvalue weighted by Crippen LogP contribution is -2.11. The average molecular weight is 464 g/mol. The van der Waals surface area contributed by atoms with Crippen molar-refractivity contribution in [2.45, 2.75) is 11.8 Å². The molecule has 0 aliphatic heterocycles. The van der Waals surface area contributed by atoms with E-state index in [1.165, 1.54) is 18.3 Å². The number of ether oxygens (including phenoxy) is 2. The van der Waals surface area contributed by atoms with E-state index in [1.807, 2.05) is 24.3 Å². The molecule has 4 aromatic rings. The number of esters is 1. The van der Waals surface area contributed by atoms with Gasteiger partial charge in [0.1, 0.15) is 11.3 Å². The number of nitrogens with two attached hydrogens (primary N) is 1. The highest BCUT2D eigenvalue weighted by Gasteiger charge is 2.18. The van der Waals surface area contributed by atoms with Gasteiger partial charge in [0.15, 0.2) is 5.76 Å². The van der Waals surface area contributed by atoms with Crippen LogP contribution in [0.2, 0.25) is 0 Å². The first-order chi connectivity index (χ1) is 15.9. The van der Waals surface area contributed by atoms with Crippen LogP contribution in [0.25, 0.3) is 22.5 Å². The van der Waals surface area contributed by atoms with E-state index in [0.717, 1.165) is 16.7 Å². The third-order valence-corrected chi connectivity index (χ3v) is 5.68. The number of benzene rings is 3. The van der Waals surface area contributed by atoms with Crippen LogP contribution in [0.5, 0.6) is 11.8 Å². The zero-order valence-corrected chi connectivity index (χ0v) is 18.4. The summed E-state index contributed by atoms with van der Waals surface area (Å²) < 4.78 is 39.7. The van der Waals surface area contributed by atoms with Crippen molar-refractivity contribution in [1.82, 2.24) is 4.98 Å². The molecule has 0 fully saturated rings. The quantitative estimate of drug-likeness (QED) is 0.396. The minimum absolute atomic E-state index is 0.0272. The van der Waals surface area contributed by atoms with Gasteiger partial charge in [0.05, 0.1) is 17.7 Å². The van der Waals surface area contributed by atoms with Crippen molar-refractivity contribution < 1.29 is 27.1 Å². The highest BCUT2D eigenvalue weighted by atomic mass is 32.2. The van der Waals surface area contributed by atoms with Gasteiger partial charge >= 0.3 is 12.0 Å². The third-order valence-electron chi connectivity index (χ3n) is 4.75. The van der Waals surface area contributed by atoms with Crippen LogP contribution in [0, 0.1) is 0 Å². The Balaban J connectivity index is 1.64. The minimum atomic E-state index is -3.78. The standard InChI is InChI=1S/C24H20N2O6S/c1-2-30-23(27)20-9-5-6-10-21(20)31-24-26-15-22(32-24)19-8-4-3-7-18(19)16-11-13-17(14-12-16)33(25,28)29/h3-15H,2H2,1H3,(H2,25,28,29). The summed E-state index contributed by atoms with van der Waals surface area (Å²) in [7, 11) is -3.78. The fourth-order valence-corrected chi connectivity index (χ4v) is 3.75. The van der Waals surface area contributed by atoms with Gasteiger partial charge in [-0.1, -0.05) is 48.5 Å². The van der Waals surface area contributed by atoms with Crippen LogP contribution in [-0.2, 0) is 14.8 Å². The van der Waals surface area contributed by atoms with Gasteiger partial charge in [0.2, 0.25) is 10.0 Å². The first-order valence-electron chi connectivity index (χ1n) is 9.99. The van der Waals surface area contributed by atoms with Crippen LogP contribution in [0.3, 0.4) is 0 Å². The summed E-state index contributed by atoms with van der Waals surface area (Å²) in [4.78, 5) is 16.4. The van der Waals surface area contributed by atoms with E-state index in [1.54, 1.807) is 43.3 Å². The predicted octanol–water partition coefficient (Wildman–Crippen LogP) is 4.63. The van der Waals surface area contributed by atoms with Crippen molar-refractivity contribution in [1.29, 1.82) is 0 Å². The fourth-order valence-electron chi connectivity index (χ4n) is 3.23. The molecule has 0 aliphatic carbocycles. The number of rotatable bonds is 7. The molecule has 33 heavy (non-hydrogen) atoms. The van der Waals surface area contributed by atoms with Crippen molar-refractivity contribution >= 4 is 16.0 Å². The molecular weight excluding hydrogens is 444 g/mol. The highest BCUT2D eigenvalue weighted by molar-refractivity contribution is 7.89. The van der Waals surface area contributed by atoms with E-state index in [9.17, 15) is 13.2 Å². The molecule has 3 aromatic carbocycles. The summed E-state index contributed by atoms with van der Waals surface area (Å²) in [5, 5.41) is 5.18. The molecule has 1 aromatic heterocycles. The first-order valence-corrected chi connectivity index (χ1v) is 11.5. The van der Waals surface area contributed by atoms with Gasteiger partial charge in [0, 0.05) is 5.56 Å². The molecule has 0 atom stereocenters. The van der Waals surface area contributed by atoms with Gasteiger partial charge in [0.25, 0.3) is 0 Å². The molecule has 0 saturated carbocycles. The predicted molar refractivity (Wildman–Crippen MR) is 121 cm³/mol. The van der Waals surface area contributed by atoms with Gasteiger partial charge in [-0.25, -0.2) is 18.4 Å². The highest BCUT2D eigenvalue weighted by Crippen LogP contribution is 2.35. The Morgan fingerprint density at radius 3 is 2.33 bits per heavy atom. The summed E-state index contributed by atoms with van der Waals surface area (Å²) >= 11 is 0. The van der Waals surface area contributed by atoms with Gasteiger partial charge in [-0.2, -0.15) is 4.98 Å². The van der Waals surface area contributed by atoms with Gasteiger partial charge in [-0.15, -0.1) is 0 Å². The van der Waals surface area contributed by atoms with Gasteiger partial charge in [-0.3, -0.25) is 0 Å². The Kier molecular flexibility index (Phi) is 6.25. The zero-order valence-electron chi connectivity index (χ0n) is 17.6. The Morgan fingerprint density at radius 2 is 1.64 bits per heavy atom. The molecule has 0 spiro atoms. The molecule has 168 valence electrons. The van der Waals surface area contributed by atoms with E-state index in [-0.39, 0.29) is 28.9 Å². The number of carbonyl (C=O) groups excluding carboxylic acids is 1. The lowest BCUT2D eigenvalue weighted by atomic mass is 9.98. The second-order valence-electron chi connectivity index (χ2n) is 6.92. The molecule has 0 amide bonds. The zero-order chi connectivity index (χ0) is 23.4. The largest absolute Gasteiger partial charge is 0.462 e. The molecule has 2 N–H and O–H groups in total. The van der Waals surface area contributed by atoms with Crippen molar-refractivity contribution in [3.05, 3.63) is 84.6 Å². The van der Waals surface area contributed by atoms with Crippen molar-refractivity contribution in [3.63, 3.8) is 0 Å². The van der Waals surface area contributed by atoms with E-state index >= 15 is 0 Å². The van der Waals surface area contributed by atoms with Crippen LogP contribution in [0.4, 0.5) is 0 Å². The molecule has 1 heterocycles. The maximum absolute atomic E-state index is 12.2. The van der Waals surface area contributed by atoms with Crippen LogP contribution in [0.1, 0.15) is 17.3 Å². The summed E-state index contributed by atoms with van der Waals surface area (Å²) in [6.07, 6.45) is 1.47. The normalized spacial score (nSPS) is 11.2. The first kappa shape index (κ1) is 22.3. The van der Waals surface area contributed by atoms with E-state index in [2.05, 4.69) is 4.98 Å². The molecule has 0 radical (unpaired) electrons. The van der Waals surface area contributed by atoms with Crippen molar-refractivity contribution in [3.8, 4) is 34.3 Å². The Hall–Kier alpha value is -3.95. The molecule has 0 unspecified atom stereocenters. The lowest BCUT2D eigenvalue weighted by molar-refractivity contribution is 0.0523. The van der Waals surface area contributed by atoms with Crippen LogP contribution in [-0.4, -0.2) is 26.0 Å². The SMILES string of the molecule is CCOC(=O)c1ccccc1Oc1ncc(-c2ccccc2-c2ccc(S(N)(=O)=O)cc2)o1. The number of hydrogen-bond donors (Lipinski definition) is 1. The summed E-state index contributed by atoms with van der Waals surface area (Å²) in [5.74, 6) is 0.189. The molecule has 0 saturated heterocycles. The smallest absolute Gasteiger partial charge is 0.399 e. The minimum Gasteiger partial charge on any atom is -0.462 e. The number of primary sulfonamides is 1. The monoisotopic (exact) mass is 464 g/mol. The fraction of sp³-hybridized carbons (Fsp3) is 0.0833. The maximum atomic E-state index is 12.2. The summed E-state index contributed by atoms with van der Waals surface area (Å²) in [5.41, 5.74) is 2.55. The number of aromatic nitrogens is 1. The Morgan fingerprint density at radius 1 is 0.970 bits per heavy atom. The van der Waals surface area contributed by atoms with Gasteiger partial charge in [-0.05, 0) is 42.3 Å². The molecule has 4 rings (SSSR count). The summed E-state index contributed by atoms with van der Waals surface area (Å²) in [6.45, 7) is 1.97. The molecule has 0 bridgehead atoms. The van der Waals surface area contributed by atoms with Crippen molar-refractivity contribution in [2.24, 2.45) is 5.14 Å². The van der Waals surface area contributed by atoms with E-state index < -0.39 is 16.0 Å². The number of nitrogens with zero attached hydrogens (tertiary/aromatic N) is 1. The van der Waals surface area contributed by atoms with Crippen molar-refractivity contribution in [2.75, 3.05) is 6.61 Å². The average Bonchev–Trinajstić information content (AvgIpc) is 3.27. The third kappa shape index (κ3) is 4.94. The second-order valence-corrected chi connectivity index (χ2v) is 8.49. The number of oxazole rings is 1.